The number of nitrogens with one attached hydrogen (secondary N) is 1. The van der Waals surface area contributed by atoms with E-state index in [1.807, 2.05) is 6.92 Å². The fraction of sp³-hybridized carbons (Fsp3) is 0.600. The summed E-state index contributed by atoms with van der Waals surface area (Å²) in [6.07, 6.45) is -0.375. The predicted molar refractivity (Wildman–Crippen MR) is 59.5 cm³/mol. The smallest absolute Gasteiger partial charge is 0.404 e. The average molecular weight is 244 g/mol. The Kier molecular flexibility index (Phi) is 5.08. The van der Waals surface area contributed by atoms with Crippen LogP contribution in [0.15, 0.2) is 16.5 Å². The van der Waals surface area contributed by atoms with E-state index in [-0.39, 0.29) is 18.2 Å². The van der Waals surface area contributed by atoms with E-state index >= 15 is 0 Å². The second-order valence-electron chi connectivity index (χ2n) is 3.51. The first-order valence-corrected chi connectivity index (χ1v) is 5.10. The van der Waals surface area contributed by atoms with Crippen LogP contribution in [0.2, 0.25) is 0 Å². The lowest BCUT2D eigenvalue weighted by atomic mass is 10.3. The maximum Gasteiger partial charge on any atom is 0.433 e. The van der Waals surface area contributed by atoms with Crippen LogP contribution < -0.4 is 5.32 Å². The van der Waals surface area contributed by atoms with Crippen LogP contribution >= 0.6 is 0 Å². The van der Waals surface area contributed by atoms with Gasteiger partial charge in [0.2, 0.25) is 0 Å². The molecule has 1 aromatic heterocycles. The van der Waals surface area contributed by atoms with Gasteiger partial charge in [-0.2, -0.15) is 0 Å². The molecule has 0 bridgehead atoms. The number of nitro groups is 1. The Labute approximate surface area is 98.8 Å². The van der Waals surface area contributed by atoms with Gasteiger partial charge in [0.15, 0.2) is 6.29 Å². The van der Waals surface area contributed by atoms with Crippen molar-refractivity contribution in [3.63, 3.8) is 0 Å². The molecule has 0 fully saturated rings. The summed E-state index contributed by atoms with van der Waals surface area (Å²) < 4.78 is 15.1. The minimum Gasteiger partial charge on any atom is -0.404 e. The molecule has 0 amide bonds. The molecule has 0 radical (unpaired) electrons. The van der Waals surface area contributed by atoms with Crippen LogP contribution in [0.4, 0.5) is 5.88 Å². The molecule has 0 spiro atoms. The van der Waals surface area contributed by atoms with Crippen LogP contribution in [-0.2, 0) is 16.0 Å². The topological polar surface area (TPSA) is 86.8 Å². The van der Waals surface area contributed by atoms with Crippen LogP contribution in [-0.4, -0.2) is 31.5 Å². The van der Waals surface area contributed by atoms with Crippen molar-refractivity contribution in [1.29, 1.82) is 0 Å². The summed E-state index contributed by atoms with van der Waals surface area (Å²) >= 11 is 0. The highest BCUT2D eigenvalue weighted by Gasteiger charge is 2.17. The molecule has 0 saturated heterocycles. The van der Waals surface area contributed by atoms with Crippen LogP contribution in [0.1, 0.15) is 12.7 Å². The Morgan fingerprint density at radius 3 is 2.59 bits per heavy atom. The molecular formula is C10H16N2O5. The Hall–Kier alpha value is -1.44. The number of ether oxygens (including phenoxy) is 2. The SMILES string of the molecule is COC(OC)C(C)NCc1ccc([N+](=O)[O-])o1. The Morgan fingerprint density at radius 2 is 2.12 bits per heavy atom. The third-order valence-electron chi connectivity index (χ3n) is 2.30. The van der Waals surface area contributed by atoms with Crippen LogP contribution in [0.5, 0.6) is 0 Å². The summed E-state index contributed by atoms with van der Waals surface area (Å²) in [5, 5.41) is 13.5. The van der Waals surface area contributed by atoms with E-state index < -0.39 is 4.92 Å². The zero-order valence-corrected chi connectivity index (χ0v) is 10.0. The molecule has 1 aromatic rings. The first kappa shape index (κ1) is 13.6. The predicted octanol–water partition coefficient (Wildman–Crippen LogP) is 1.28. The maximum absolute atomic E-state index is 10.4. The van der Waals surface area contributed by atoms with E-state index in [0.29, 0.717) is 12.3 Å². The Balaban J connectivity index is 2.46. The molecule has 0 aliphatic carbocycles. The van der Waals surface area contributed by atoms with Crippen molar-refractivity contribution >= 4 is 5.88 Å². The number of hydrogen-bond acceptors (Lipinski definition) is 6. The summed E-state index contributed by atoms with van der Waals surface area (Å²) in [4.78, 5) is 9.84. The Morgan fingerprint density at radius 1 is 1.47 bits per heavy atom. The minimum atomic E-state index is -0.569. The highest BCUT2D eigenvalue weighted by Crippen LogP contribution is 2.15. The summed E-state index contributed by atoms with van der Waals surface area (Å²) in [6, 6.07) is 2.83. The Bertz CT molecular complexity index is 361. The summed E-state index contributed by atoms with van der Waals surface area (Å²) in [6.45, 7) is 2.26. The monoisotopic (exact) mass is 244 g/mol. The maximum atomic E-state index is 10.4. The van der Waals surface area contributed by atoms with Gasteiger partial charge < -0.3 is 19.2 Å². The molecule has 1 atom stereocenters. The molecule has 1 unspecified atom stereocenters. The van der Waals surface area contributed by atoms with E-state index in [0.717, 1.165) is 0 Å². The highest BCUT2D eigenvalue weighted by molar-refractivity contribution is 5.17. The molecule has 0 saturated carbocycles. The first-order valence-electron chi connectivity index (χ1n) is 5.10. The van der Waals surface area contributed by atoms with Gasteiger partial charge in [-0.15, -0.1) is 0 Å². The lowest BCUT2D eigenvalue weighted by molar-refractivity contribution is -0.402. The number of nitrogens with zero attached hydrogens (tertiary/aromatic N) is 1. The van der Waals surface area contributed by atoms with Crippen molar-refractivity contribution in [2.24, 2.45) is 0 Å². The third kappa shape index (κ3) is 3.81. The normalized spacial score (nSPS) is 12.9. The van der Waals surface area contributed by atoms with Gasteiger partial charge in [-0.1, -0.05) is 0 Å². The fourth-order valence-electron chi connectivity index (χ4n) is 1.42. The molecule has 96 valence electrons. The molecule has 0 aliphatic rings. The van der Waals surface area contributed by atoms with Crippen LogP contribution in [0.3, 0.4) is 0 Å². The van der Waals surface area contributed by atoms with E-state index in [4.69, 9.17) is 13.9 Å². The second-order valence-corrected chi connectivity index (χ2v) is 3.51. The van der Waals surface area contributed by atoms with E-state index in [9.17, 15) is 10.1 Å². The van der Waals surface area contributed by atoms with Gasteiger partial charge >= 0.3 is 5.88 Å². The summed E-state index contributed by atoms with van der Waals surface area (Å²) in [5.41, 5.74) is 0. The van der Waals surface area contributed by atoms with Crippen molar-refractivity contribution in [3.8, 4) is 0 Å². The molecule has 7 nitrogen and oxygen atoms in total. The minimum absolute atomic E-state index is 0.0610. The molecule has 1 N–H and O–H groups in total. The van der Waals surface area contributed by atoms with Gasteiger partial charge in [-0.25, -0.2) is 0 Å². The molecule has 0 aromatic carbocycles. The van der Waals surface area contributed by atoms with Crippen molar-refractivity contribution < 1.29 is 18.8 Å². The molecule has 1 rings (SSSR count). The molecular weight excluding hydrogens is 228 g/mol. The molecule has 0 aliphatic heterocycles. The van der Waals surface area contributed by atoms with Crippen molar-refractivity contribution in [1.82, 2.24) is 5.32 Å². The van der Waals surface area contributed by atoms with E-state index in [2.05, 4.69) is 5.32 Å². The summed E-state index contributed by atoms with van der Waals surface area (Å²) in [7, 11) is 3.09. The number of furan rings is 1. The molecule has 7 heteroatoms. The largest absolute Gasteiger partial charge is 0.433 e. The standard InChI is InChI=1S/C10H16N2O5/c1-7(10(15-2)16-3)11-6-8-4-5-9(17-8)12(13)14/h4-5,7,10-11H,6H2,1-3H3. The zero-order valence-electron chi connectivity index (χ0n) is 10.0. The lowest BCUT2D eigenvalue weighted by Crippen LogP contribution is -2.39. The number of methoxy groups -OCH3 is 2. The van der Waals surface area contributed by atoms with Crippen molar-refractivity contribution in [3.05, 3.63) is 28.0 Å². The average Bonchev–Trinajstić information content (AvgIpc) is 2.76. The van der Waals surface area contributed by atoms with Crippen molar-refractivity contribution in [2.75, 3.05) is 14.2 Å². The molecule has 1 heterocycles. The third-order valence-corrected chi connectivity index (χ3v) is 2.30. The van der Waals surface area contributed by atoms with Crippen molar-refractivity contribution in [2.45, 2.75) is 25.8 Å². The fourth-order valence-corrected chi connectivity index (χ4v) is 1.42. The van der Waals surface area contributed by atoms with Gasteiger partial charge in [0.1, 0.15) is 10.7 Å². The summed E-state index contributed by atoms with van der Waals surface area (Å²) in [5.74, 6) is 0.235. The highest BCUT2D eigenvalue weighted by atomic mass is 16.7. The van der Waals surface area contributed by atoms with Gasteiger partial charge in [0, 0.05) is 14.2 Å². The van der Waals surface area contributed by atoms with E-state index in [1.165, 1.54) is 6.07 Å². The van der Waals surface area contributed by atoms with E-state index in [1.54, 1.807) is 20.3 Å². The van der Waals surface area contributed by atoms with Crippen LogP contribution in [0, 0.1) is 10.1 Å². The van der Waals surface area contributed by atoms with Gasteiger partial charge in [0.25, 0.3) is 0 Å². The number of rotatable bonds is 7. The zero-order chi connectivity index (χ0) is 12.8. The quantitative estimate of drug-likeness (QED) is 0.441. The molecule has 17 heavy (non-hydrogen) atoms. The van der Waals surface area contributed by atoms with Crippen LogP contribution in [0.25, 0.3) is 0 Å². The first-order chi connectivity index (χ1) is 8.08. The van der Waals surface area contributed by atoms with Gasteiger partial charge in [-0.3, -0.25) is 10.1 Å². The second kappa shape index (κ2) is 6.33. The number of hydrogen-bond donors (Lipinski definition) is 1. The van der Waals surface area contributed by atoms with Gasteiger partial charge in [0.05, 0.1) is 18.7 Å². The van der Waals surface area contributed by atoms with Gasteiger partial charge in [-0.05, 0) is 13.0 Å². The lowest BCUT2D eigenvalue weighted by Gasteiger charge is -2.21.